The standard InChI is InChI=1S/C22H16F4N8/c1-22(25,26)19(12-2-4-14(23)5-3-12)34-11-13(8-29-34)16-9-28-10-17(30-16)15-6-7-33-20(18(15)24)31-21(27)32-33/h2-11,19H,1H3,(H2,27,32)/t19-/m1/s1. The van der Waals surface area contributed by atoms with E-state index >= 15 is 0 Å². The molecule has 1 aromatic carbocycles. The van der Waals surface area contributed by atoms with Gasteiger partial charge in [-0.25, -0.2) is 27.1 Å². The second-order valence-electron chi connectivity index (χ2n) is 7.69. The zero-order chi connectivity index (χ0) is 24.0. The van der Waals surface area contributed by atoms with E-state index in [1.807, 2.05) is 0 Å². The highest BCUT2D eigenvalue weighted by Crippen LogP contribution is 2.35. The van der Waals surface area contributed by atoms with Gasteiger partial charge in [-0.1, -0.05) is 12.1 Å². The monoisotopic (exact) mass is 468 g/mol. The molecular weight excluding hydrogens is 452 g/mol. The molecule has 0 amide bonds. The van der Waals surface area contributed by atoms with Crippen LogP contribution in [-0.2, 0) is 0 Å². The Bertz CT molecular complexity index is 1490. The van der Waals surface area contributed by atoms with Crippen molar-refractivity contribution >= 4 is 11.6 Å². The number of nitrogen functional groups attached to an aromatic ring is 1. The minimum atomic E-state index is -3.20. The first-order valence-corrected chi connectivity index (χ1v) is 10.0. The first-order chi connectivity index (χ1) is 16.2. The Morgan fingerprint density at radius 1 is 0.971 bits per heavy atom. The van der Waals surface area contributed by atoms with Gasteiger partial charge >= 0.3 is 0 Å². The van der Waals surface area contributed by atoms with Crippen LogP contribution in [0.4, 0.5) is 23.5 Å². The lowest BCUT2D eigenvalue weighted by Gasteiger charge is -2.24. The number of hydrogen-bond acceptors (Lipinski definition) is 6. The summed E-state index contributed by atoms with van der Waals surface area (Å²) >= 11 is 0. The summed E-state index contributed by atoms with van der Waals surface area (Å²) in [5.41, 5.74) is 6.65. The van der Waals surface area contributed by atoms with Gasteiger partial charge in [0.1, 0.15) is 11.9 Å². The zero-order valence-corrected chi connectivity index (χ0v) is 17.6. The van der Waals surface area contributed by atoms with Gasteiger partial charge in [0.05, 0.1) is 30.0 Å². The van der Waals surface area contributed by atoms with Gasteiger partial charge in [0.2, 0.25) is 5.95 Å². The van der Waals surface area contributed by atoms with Crippen LogP contribution in [0.1, 0.15) is 18.5 Å². The van der Waals surface area contributed by atoms with Crippen molar-refractivity contribution < 1.29 is 17.6 Å². The van der Waals surface area contributed by atoms with Crippen LogP contribution in [0, 0.1) is 11.6 Å². The van der Waals surface area contributed by atoms with Gasteiger partial charge < -0.3 is 5.73 Å². The Balaban J connectivity index is 1.53. The van der Waals surface area contributed by atoms with E-state index in [1.165, 1.54) is 53.7 Å². The van der Waals surface area contributed by atoms with E-state index in [2.05, 4.69) is 25.1 Å². The summed E-state index contributed by atoms with van der Waals surface area (Å²) in [6, 6.07) is 4.78. The first kappa shape index (κ1) is 21.5. The summed E-state index contributed by atoms with van der Waals surface area (Å²) in [5, 5.41) is 7.94. The topological polar surface area (TPSA) is 99.8 Å². The Labute approximate surface area is 189 Å². The van der Waals surface area contributed by atoms with Crippen molar-refractivity contribution in [2.45, 2.75) is 18.9 Å². The maximum Gasteiger partial charge on any atom is 0.271 e. The Kier molecular flexibility index (Phi) is 5.00. The van der Waals surface area contributed by atoms with E-state index in [9.17, 15) is 17.6 Å². The van der Waals surface area contributed by atoms with Crippen LogP contribution in [0.2, 0.25) is 0 Å². The lowest BCUT2D eigenvalue weighted by Crippen LogP contribution is -2.29. The summed E-state index contributed by atoms with van der Waals surface area (Å²) < 4.78 is 59.5. The predicted octanol–water partition coefficient (Wildman–Crippen LogP) is 4.15. The number of aromatic nitrogens is 7. The summed E-state index contributed by atoms with van der Waals surface area (Å²) in [4.78, 5) is 12.4. The number of halogens is 4. The molecule has 4 heterocycles. The van der Waals surface area contributed by atoms with Crippen LogP contribution in [0.15, 0.2) is 61.3 Å². The van der Waals surface area contributed by atoms with Gasteiger partial charge in [0.15, 0.2) is 11.5 Å². The average Bonchev–Trinajstić information content (AvgIpc) is 3.42. The molecule has 0 unspecified atom stereocenters. The normalized spacial score (nSPS) is 12.9. The van der Waals surface area contributed by atoms with Crippen LogP contribution >= 0.6 is 0 Å². The van der Waals surface area contributed by atoms with Crippen molar-refractivity contribution in [3.63, 3.8) is 0 Å². The van der Waals surface area contributed by atoms with Crippen molar-refractivity contribution in [3.05, 3.63) is 78.5 Å². The lowest BCUT2D eigenvalue weighted by atomic mass is 10.0. The van der Waals surface area contributed by atoms with Crippen LogP contribution in [0.25, 0.3) is 28.2 Å². The van der Waals surface area contributed by atoms with Crippen LogP contribution in [0.5, 0.6) is 0 Å². The van der Waals surface area contributed by atoms with E-state index in [4.69, 9.17) is 5.73 Å². The third-order valence-corrected chi connectivity index (χ3v) is 5.20. The largest absolute Gasteiger partial charge is 0.366 e. The number of rotatable bonds is 5. The molecule has 0 saturated heterocycles. The molecule has 1 atom stereocenters. The minimum absolute atomic E-state index is 0.0673. The molecule has 12 heteroatoms. The molecule has 5 rings (SSSR count). The number of nitrogens with zero attached hydrogens (tertiary/aromatic N) is 7. The predicted molar refractivity (Wildman–Crippen MR) is 115 cm³/mol. The van der Waals surface area contributed by atoms with Gasteiger partial charge in [-0.2, -0.15) is 10.1 Å². The van der Waals surface area contributed by atoms with Crippen molar-refractivity contribution in [2.24, 2.45) is 0 Å². The Hall–Kier alpha value is -4.35. The highest BCUT2D eigenvalue weighted by molar-refractivity contribution is 5.68. The summed E-state index contributed by atoms with van der Waals surface area (Å²) in [7, 11) is 0. The highest BCUT2D eigenvalue weighted by atomic mass is 19.3. The second-order valence-corrected chi connectivity index (χ2v) is 7.69. The molecule has 172 valence electrons. The first-order valence-electron chi connectivity index (χ1n) is 10.0. The smallest absolute Gasteiger partial charge is 0.271 e. The van der Waals surface area contributed by atoms with E-state index in [0.717, 1.165) is 23.7 Å². The van der Waals surface area contributed by atoms with Crippen molar-refractivity contribution in [1.82, 2.24) is 34.3 Å². The summed E-state index contributed by atoms with van der Waals surface area (Å²) in [6.45, 7) is 0.763. The van der Waals surface area contributed by atoms with E-state index in [0.29, 0.717) is 11.3 Å². The van der Waals surface area contributed by atoms with Crippen molar-refractivity contribution in [3.8, 4) is 22.5 Å². The third kappa shape index (κ3) is 3.83. The van der Waals surface area contributed by atoms with Crippen LogP contribution in [-0.4, -0.2) is 40.3 Å². The van der Waals surface area contributed by atoms with E-state index < -0.39 is 23.6 Å². The number of alkyl halides is 2. The molecule has 0 radical (unpaired) electrons. The van der Waals surface area contributed by atoms with Crippen LogP contribution < -0.4 is 5.73 Å². The van der Waals surface area contributed by atoms with Crippen molar-refractivity contribution in [1.29, 1.82) is 0 Å². The van der Waals surface area contributed by atoms with E-state index in [-0.39, 0.29) is 28.4 Å². The number of pyridine rings is 1. The molecule has 0 aliphatic carbocycles. The maximum atomic E-state index is 15.0. The quantitative estimate of drug-likeness (QED) is 0.389. The molecule has 5 aromatic rings. The van der Waals surface area contributed by atoms with Gasteiger partial charge in [-0.05, 0) is 23.8 Å². The molecule has 0 spiro atoms. The molecule has 8 nitrogen and oxygen atoms in total. The van der Waals surface area contributed by atoms with Crippen molar-refractivity contribution in [2.75, 3.05) is 5.73 Å². The minimum Gasteiger partial charge on any atom is -0.366 e. The molecular formula is C22H16F4N8. The molecule has 0 bridgehead atoms. The summed E-state index contributed by atoms with van der Waals surface area (Å²) in [6.07, 6.45) is 7.00. The van der Waals surface area contributed by atoms with E-state index in [1.54, 1.807) is 0 Å². The number of fused-ring (bicyclic) bond motifs is 1. The van der Waals surface area contributed by atoms with Gasteiger partial charge in [-0.15, -0.1) is 5.10 Å². The fraction of sp³-hybridized carbons (Fsp3) is 0.136. The number of hydrogen-bond donors (Lipinski definition) is 1. The van der Waals surface area contributed by atoms with Gasteiger partial charge in [0.25, 0.3) is 5.92 Å². The zero-order valence-electron chi connectivity index (χ0n) is 17.6. The Morgan fingerprint density at radius 3 is 2.44 bits per heavy atom. The second kappa shape index (κ2) is 7.90. The number of nitrogens with two attached hydrogens (primary N) is 1. The molecule has 0 fully saturated rings. The fourth-order valence-corrected chi connectivity index (χ4v) is 3.70. The van der Waals surface area contributed by atoms with Crippen LogP contribution in [0.3, 0.4) is 0 Å². The molecule has 4 aromatic heterocycles. The molecule has 34 heavy (non-hydrogen) atoms. The Morgan fingerprint density at radius 2 is 1.71 bits per heavy atom. The number of benzene rings is 1. The molecule has 0 aliphatic heterocycles. The molecule has 0 aliphatic rings. The number of anilines is 1. The highest BCUT2D eigenvalue weighted by Gasteiger charge is 2.37. The fourth-order valence-electron chi connectivity index (χ4n) is 3.70. The van der Waals surface area contributed by atoms with Gasteiger partial charge in [0, 0.05) is 30.4 Å². The van der Waals surface area contributed by atoms with Gasteiger partial charge in [-0.3, -0.25) is 9.67 Å². The average molecular weight is 468 g/mol. The maximum absolute atomic E-state index is 15.0. The SMILES string of the molecule is CC(F)(F)[C@@H](c1ccc(F)cc1)n1cc(-c2cncc(-c3ccn4nc(N)nc4c3F)n2)cn1. The molecule has 0 saturated carbocycles. The summed E-state index contributed by atoms with van der Waals surface area (Å²) in [5.74, 6) is -4.50. The molecule has 2 N–H and O–H groups in total. The third-order valence-electron chi connectivity index (χ3n) is 5.20. The lowest BCUT2D eigenvalue weighted by molar-refractivity contribution is -0.0217.